The predicted molar refractivity (Wildman–Crippen MR) is 102 cm³/mol. The highest BCUT2D eigenvalue weighted by atomic mass is 35.5. The molecule has 0 fully saturated rings. The number of carbonyl (C=O) groups is 1. The molecule has 0 bridgehead atoms. The molecule has 1 atom stereocenters. The van der Waals surface area contributed by atoms with Gasteiger partial charge in [0.05, 0.1) is 5.56 Å². The number of likely N-dealkylation sites (N-methyl/N-ethyl adjacent to an activating group) is 1. The number of rotatable bonds is 9. The van der Waals surface area contributed by atoms with Gasteiger partial charge in [0.15, 0.2) is 0 Å². The topological polar surface area (TPSA) is 52.6 Å². The van der Waals surface area contributed by atoms with Crippen molar-refractivity contribution in [1.29, 1.82) is 0 Å². The molecular formula is C20H25ClN2O2. The number of benzene rings is 2. The van der Waals surface area contributed by atoms with E-state index in [2.05, 4.69) is 30.1 Å². The molecule has 0 spiro atoms. The molecule has 0 aliphatic heterocycles. The summed E-state index contributed by atoms with van der Waals surface area (Å²) >= 11 is 6.41. The number of nitrogens with one attached hydrogen (secondary N) is 1. The minimum atomic E-state index is -0.904. The molecule has 1 unspecified atom stereocenters. The molecule has 0 saturated carbocycles. The van der Waals surface area contributed by atoms with Crippen LogP contribution in [0.4, 0.5) is 0 Å². The highest BCUT2D eigenvalue weighted by molar-refractivity contribution is 6.31. The van der Waals surface area contributed by atoms with Crippen molar-refractivity contribution in [2.24, 2.45) is 0 Å². The van der Waals surface area contributed by atoms with Crippen molar-refractivity contribution in [2.45, 2.75) is 26.4 Å². The van der Waals surface area contributed by atoms with Gasteiger partial charge in [-0.15, -0.1) is 0 Å². The smallest absolute Gasteiger partial charge is 0.335 e. The van der Waals surface area contributed by atoms with Crippen LogP contribution in [0.5, 0.6) is 0 Å². The number of carboxylic acid groups (broad SMARTS) is 1. The lowest BCUT2D eigenvalue weighted by molar-refractivity contribution is 0.0696. The summed E-state index contributed by atoms with van der Waals surface area (Å²) in [4.78, 5) is 13.4. The van der Waals surface area contributed by atoms with Gasteiger partial charge >= 0.3 is 5.97 Å². The van der Waals surface area contributed by atoms with Gasteiger partial charge in [-0.2, -0.15) is 0 Å². The van der Waals surface area contributed by atoms with E-state index in [-0.39, 0.29) is 6.04 Å². The third kappa shape index (κ3) is 5.30. The Morgan fingerprint density at radius 3 is 2.52 bits per heavy atom. The first-order valence-corrected chi connectivity index (χ1v) is 8.96. The molecule has 25 heavy (non-hydrogen) atoms. The van der Waals surface area contributed by atoms with Crippen LogP contribution < -0.4 is 5.32 Å². The zero-order chi connectivity index (χ0) is 18.2. The van der Waals surface area contributed by atoms with Crippen molar-refractivity contribution in [3.05, 3.63) is 70.2 Å². The van der Waals surface area contributed by atoms with Gasteiger partial charge in [0, 0.05) is 24.2 Å². The lowest BCUT2D eigenvalue weighted by atomic mass is 10.0. The average Bonchev–Trinajstić information content (AvgIpc) is 2.62. The minimum absolute atomic E-state index is 0.173. The second-order valence-electron chi connectivity index (χ2n) is 5.89. The largest absolute Gasteiger partial charge is 0.478 e. The van der Waals surface area contributed by atoms with Crippen LogP contribution in [0.15, 0.2) is 48.5 Å². The number of halogens is 1. The summed E-state index contributed by atoms with van der Waals surface area (Å²) in [6, 6.07) is 15.1. The minimum Gasteiger partial charge on any atom is -0.478 e. The van der Waals surface area contributed by atoms with Gasteiger partial charge in [-0.3, -0.25) is 4.90 Å². The molecule has 2 aromatic carbocycles. The van der Waals surface area contributed by atoms with E-state index in [1.54, 1.807) is 18.2 Å². The molecule has 134 valence electrons. The van der Waals surface area contributed by atoms with Crippen LogP contribution >= 0.6 is 11.6 Å². The van der Waals surface area contributed by atoms with Crippen LogP contribution in [-0.4, -0.2) is 35.6 Å². The Bertz CT molecular complexity index is 702. The molecule has 0 aromatic heterocycles. The molecular weight excluding hydrogens is 336 g/mol. The van der Waals surface area contributed by atoms with Gasteiger partial charge in [-0.05, 0) is 42.4 Å². The quantitative estimate of drug-likeness (QED) is 0.703. The Kier molecular flexibility index (Phi) is 7.44. The Labute approximate surface area is 154 Å². The monoisotopic (exact) mass is 360 g/mol. The van der Waals surface area contributed by atoms with Crippen molar-refractivity contribution in [3.8, 4) is 0 Å². The maximum Gasteiger partial charge on any atom is 0.335 e. The molecule has 2 aromatic rings. The van der Waals surface area contributed by atoms with E-state index < -0.39 is 5.97 Å². The van der Waals surface area contributed by atoms with Crippen molar-refractivity contribution in [3.63, 3.8) is 0 Å². The van der Waals surface area contributed by atoms with Crippen LogP contribution in [0.2, 0.25) is 5.02 Å². The standard InChI is InChI=1S/C20H25ClN2O2/c1-3-23(4-2)19(17-10-5-6-11-18(17)21)14-22-13-15-8-7-9-16(12-15)20(24)25/h5-12,19,22H,3-4,13-14H2,1-2H3,(H,24,25). The van der Waals surface area contributed by atoms with Crippen LogP contribution in [0, 0.1) is 0 Å². The van der Waals surface area contributed by atoms with Crippen molar-refractivity contribution in [2.75, 3.05) is 19.6 Å². The molecule has 2 N–H and O–H groups in total. The van der Waals surface area contributed by atoms with Crippen molar-refractivity contribution < 1.29 is 9.90 Å². The van der Waals surface area contributed by atoms with Gasteiger partial charge in [-0.1, -0.05) is 55.8 Å². The highest BCUT2D eigenvalue weighted by Gasteiger charge is 2.19. The summed E-state index contributed by atoms with van der Waals surface area (Å²) < 4.78 is 0. The van der Waals surface area contributed by atoms with E-state index in [0.29, 0.717) is 12.1 Å². The molecule has 2 rings (SSSR count). The number of nitrogens with zero attached hydrogens (tertiary/aromatic N) is 1. The summed E-state index contributed by atoms with van der Waals surface area (Å²) in [5.41, 5.74) is 2.38. The summed E-state index contributed by atoms with van der Waals surface area (Å²) in [5.74, 6) is -0.904. The van der Waals surface area contributed by atoms with Crippen LogP contribution in [0.25, 0.3) is 0 Å². The number of hydrogen-bond acceptors (Lipinski definition) is 3. The fourth-order valence-corrected chi connectivity index (χ4v) is 3.27. The van der Waals surface area contributed by atoms with Gasteiger partial charge < -0.3 is 10.4 Å². The maximum atomic E-state index is 11.1. The molecule has 0 amide bonds. The van der Waals surface area contributed by atoms with Gasteiger partial charge in [0.25, 0.3) is 0 Å². The number of carboxylic acids is 1. The highest BCUT2D eigenvalue weighted by Crippen LogP contribution is 2.27. The van der Waals surface area contributed by atoms with E-state index in [4.69, 9.17) is 16.7 Å². The average molecular weight is 361 g/mol. The lowest BCUT2D eigenvalue weighted by Crippen LogP contribution is -2.35. The molecule has 0 saturated heterocycles. The third-order valence-electron chi connectivity index (χ3n) is 4.36. The van der Waals surface area contributed by atoms with Crippen LogP contribution in [0.1, 0.15) is 41.4 Å². The Morgan fingerprint density at radius 2 is 1.88 bits per heavy atom. The molecule has 0 heterocycles. The van der Waals surface area contributed by atoms with E-state index in [9.17, 15) is 4.79 Å². The number of aromatic carboxylic acids is 1. The Balaban J connectivity index is 2.09. The zero-order valence-corrected chi connectivity index (χ0v) is 15.5. The summed E-state index contributed by atoms with van der Waals surface area (Å²) in [5, 5.41) is 13.3. The maximum absolute atomic E-state index is 11.1. The summed E-state index contributed by atoms with van der Waals surface area (Å²) in [7, 11) is 0. The van der Waals surface area contributed by atoms with Crippen LogP contribution in [-0.2, 0) is 6.54 Å². The first-order chi connectivity index (χ1) is 12.1. The molecule has 4 nitrogen and oxygen atoms in total. The molecule has 0 radical (unpaired) electrons. The van der Waals surface area contributed by atoms with Gasteiger partial charge in [0.2, 0.25) is 0 Å². The Hall–Kier alpha value is -1.88. The second-order valence-corrected chi connectivity index (χ2v) is 6.30. The Morgan fingerprint density at radius 1 is 1.16 bits per heavy atom. The van der Waals surface area contributed by atoms with Gasteiger partial charge in [0.1, 0.15) is 0 Å². The van der Waals surface area contributed by atoms with Gasteiger partial charge in [-0.25, -0.2) is 4.79 Å². The number of hydrogen-bond donors (Lipinski definition) is 2. The zero-order valence-electron chi connectivity index (χ0n) is 14.7. The normalized spacial score (nSPS) is 12.3. The molecule has 5 heteroatoms. The lowest BCUT2D eigenvalue weighted by Gasteiger charge is -2.31. The predicted octanol–water partition coefficient (Wildman–Crippen LogP) is 4.21. The van der Waals surface area contributed by atoms with Crippen LogP contribution in [0.3, 0.4) is 0 Å². The first kappa shape index (κ1) is 19.4. The first-order valence-electron chi connectivity index (χ1n) is 8.58. The van der Waals surface area contributed by atoms with E-state index in [1.807, 2.05) is 24.3 Å². The SMILES string of the molecule is CCN(CC)C(CNCc1cccc(C(=O)O)c1)c1ccccc1Cl. The fourth-order valence-electron chi connectivity index (χ4n) is 3.01. The molecule has 0 aliphatic carbocycles. The summed E-state index contributed by atoms with van der Waals surface area (Å²) in [6.45, 7) is 7.50. The molecule has 0 aliphatic rings. The summed E-state index contributed by atoms with van der Waals surface area (Å²) in [6.07, 6.45) is 0. The fraction of sp³-hybridized carbons (Fsp3) is 0.350. The second kappa shape index (κ2) is 9.56. The van der Waals surface area contributed by atoms with E-state index >= 15 is 0 Å². The van der Waals surface area contributed by atoms with Crippen molar-refractivity contribution >= 4 is 17.6 Å². The van der Waals surface area contributed by atoms with E-state index in [0.717, 1.165) is 35.8 Å². The van der Waals surface area contributed by atoms with E-state index in [1.165, 1.54) is 0 Å². The third-order valence-corrected chi connectivity index (χ3v) is 4.70. The van der Waals surface area contributed by atoms with Crippen molar-refractivity contribution in [1.82, 2.24) is 10.2 Å².